The minimum Gasteiger partial charge on any atom is -0.493 e. The highest BCUT2D eigenvalue weighted by atomic mass is 33.1. The molecule has 5 aromatic rings. The van der Waals surface area contributed by atoms with Gasteiger partial charge in [-0.1, -0.05) is 64.9 Å². The van der Waals surface area contributed by atoms with Gasteiger partial charge in [0.2, 0.25) is 0 Å². The lowest BCUT2D eigenvalue weighted by Crippen LogP contribution is -2.41. The number of carbonyl (C=O) groups is 3. The summed E-state index contributed by atoms with van der Waals surface area (Å²) in [6.07, 6.45) is 3.20. The highest BCUT2D eigenvalue weighted by Gasteiger charge is 2.40. The molecule has 4 aliphatic heterocycles. The lowest BCUT2D eigenvalue weighted by molar-refractivity contribution is -0.118. The highest BCUT2D eigenvalue weighted by Crippen LogP contribution is 2.44. The number of aryl methyl sites for hydroxylation is 2. The molecule has 1 N–H and O–H groups in total. The molecule has 0 saturated heterocycles. The maximum atomic E-state index is 14.4. The van der Waals surface area contributed by atoms with Crippen molar-refractivity contribution in [1.82, 2.24) is 0 Å². The van der Waals surface area contributed by atoms with E-state index in [1.807, 2.05) is 78.4 Å². The molecule has 19 heteroatoms. The molecule has 0 saturated carbocycles. The lowest BCUT2D eigenvalue weighted by Gasteiger charge is -2.34. The fourth-order valence-electron chi connectivity index (χ4n) is 11.3. The van der Waals surface area contributed by atoms with Crippen molar-refractivity contribution in [3.63, 3.8) is 0 Å². The largest absolute Gasteiger partial charge is 0.493 e. The van der Waals surface area contributed by atoms with Crippen molar-refractivity contribution in [3.8, 4) is 17.2 Å². The fourth-order valence-corrected chi connectivity index (χ4v) is 15.0. The van der Waals surface area contributed by atoms with E-state index < -0.39 is 25.9 Å². The summed E-state index contributed by atoms with van der Waals surface area (Å²) in [5.74, 6) is 1.37. The first-order valence-electron chi connectivity index (χ1n) is 27.4. The Labute approximate surface area is 478 Å². The molecule has 3 atom stereocenters. The van der Waals surface area contributed by atoms with Crippen molar-refractivity contribution in [2.24, 2.45) is 0 Å². The third kappa shape index (κ3) is 13.6. The molecule has 0 aromatic heterocycles. The van der Waals surface area contributed by atoms with Crippen LogP contribution in [0.5, 0.6) is 17.2 Å². The molecule has 9 rings (SSSR count). The van der Waals surface area contributed by atoms with Gasteiger partial charge in [0.1, 0.15) is 24.2 Å². The van der Waals surface area contributed by atoms with Crippen molar-refractivity contribution in [1.29, 1.82) is 0 Å². The predicted octanol–water partition coefficient (Wildman–Crippen LogP) is 9.97. The summed E-state index contributed by atoms with van der Waals surface area (Å²) in [6.45, 7) is 11.9. The number of methoxy groups -OCH3 is 2. The van der Waals surface area contributed by atoms with Crippen LogP contribution in [0.1, 0.15) is 94.1 Å². The SMILES string of the molecule is CCC(=O)C(CCSSC(C)(C)CN(CCOCCOCCOC)c1cc(COc2cc3c(cc2C)C(=O)N2c4ccccc4C[C@H]2CC3)cc(COc2cc3c(cc2OC)C(=O)N2c4ccccc4C[C@H]2CN3C)c1)S(=O)(=O)O. The van der Waals surface area contributed by atoms with Crippen molar-refractivity contribution in [2.75, 3.05) is 99.3 Å². The van der Waals surface area contributed by atoms with E-state index in [9.17, 15) is 27.4 Å². The van der Waals surface area contributed by atoms with Crippen molar-refractivity contribution in [2.45, 2.75) is 102 Å². The molecule has 4 heterocycles. The van der Waals surface area contributed by atoms with Gasteiger partial charge in [0.15, 0.2) is 17.3 Å². The van der Waals surface area contributed by atoms with Gasteiger partial charge >= 0.3 is 0 Å². The number of carbonyl (C=O) groups excluding carboxylic acids is 3. The van der Waals surface area contributed by atoms with Gasteiger partial charge in [0.25, 0.3) is 21.9 Å². The number of anilines is 4. The first kappa shape index (κ1) is 58.8. The topological polar surface area (TPSA) is 174 Å². The van der Waals surface area contributed by atoms with Crippen LogP contribution in [0, 0.1) is 6.92 Å². The zero-order valence-corrected chi connectivity index (χ0v) is 49.3. The molecule has 5 aromatic carbocycles. The summed E-state index contributed by atoms with van der Waals surface area (Å²) in [4.78, 5) is 49.5. The average molecular weight is 1150 g/mol. The summed E-state index contributed by atoms with van der Waals surface area (Å²) in [7, 11) is 3.71. The lowest BCUT2D eigenvalue weighted by atomic mass is 9.98. The van der Waals surface area contributed by atoms with Crippen LogP contribution in [-0.4, -0.2) is 132 Å². The molecule has 1 unspecified atom stereocenters. The number of benzene rings is 5. The number of likely N-dealkylation sites (N-methyl/N-ethyl adjacent to an activating group) is 1. The fraction of sp³-hybridized carbons (Fsp3) is 0.459. The average Bonchev–Trinajstić information content (AvgIpc) is 3.94. The number of ether oxygens (including phenoxy) is 6. The number of hydrogen-bond donors (Lipinski definition) is 1. The van der Waals surface area contributed by atoms with Gasteiger partial charge in [-0.15, -0.1) is 0 Å². The summed E-state index contributed by atoms with van der Waals surface area (Å²) in [5.41, 5.74) is 10.7. The zero-order chi connectivity index (χ0) is 56.7. The van der Waals surface area contributed by atoms with Gasteiger partial charge in [-0.05, 0) is 135 Å². The van der Waals surface area contributed by atoms with E-state index in [4.69, 9.17) is 28.4 Å². The summed E-state index contributed by atoms with van der Waals surface area (Å²) >= 11 is 0. The van der Waals surface area contributed by atoms with E-state index in [1.165, 1.54) is 16.4 Å². The second kappa shape index (κ2) is 26.0. The van der Waals surface area contributed by atoms with Crippen molar-refractivity contribution < 1.29 is 55.8 Å². The number of fused-ring (bicyclic) bond motifs is 8. The third-order valence-corrected chi connectivity index (χ3v) is 19.8. The van der Waals surface area contributed by atoms with Crippen LogP contribution in [0.4, 0.5) is 22.7 Å². The van der Waals surface area contributed by atoms with E-state index >= 15 is 0 Å². The van der Waals surface area contributed by atoms with Crippen LogP contribution < -0.4 is 33.8 Å². The number of Topliss-reactive ketones (excluding diaryl/α,β-unsaturated/α-hetero) is 1. The Balaban J connectivity index is 1.00. The van der Waals surface area contributed by atoms with E-state index in [-0.39, 0.29) is 50.0 Å². The normalized spacial score (nSPS) is 16.9. The molecule has 16 nitrogen and oxygen atoms in total. The Morgan fingerprint density at radius 2 is 1.39 bits per heavy atom. The number of hydrogen-bond acceptors (Lipinski definition) is 15. The van der Waals surface area contributed by atoms with Crippen LogP contribution in [-0.2, 0) is 61.6 Å². The van der Waals surface area contributed by atoms with Gasteiger partial charge in [-0.2, -0.15) is 8.42 Å². The molecule has 4 aliphatic rings. The zero-order valence-electron chi connectivity index (χ0n) is 46.9. The minimum absolute atomic E-state index is 0.00273. The molecular formula is C61H74N4O12S3. The maximum Gasteiger partial charge on any atom is 0.275 e. The van der Waals surface area contributed by atoms with E-state index in [0.29, 0.717) is 86.8 Å². The quantitative estimate of drug-likeness (QED) is 0.0299. The van der Waals surface area contributed by atoms with Crippen LogP contribution in [0.15, 0.2) is 91.0 Å². The monoisotopic (exact) mass is 1150 g/mol. The van der Waals surface area contributed by atoms with Gasteiger partial charge < -0.3 is 48.0 Å². The molecule has 0 bridgehead atoms. The van der Waals surface area contributed by atoms with Crippen LogP contribution in [0.25, 0.3) is 0 Å². The number of ketones is 1. The minimum atomic E-state index is -4.54. The van der Waals surface area contributed by atoms with Gasteiger partial charge in [0, 0.05) is 85.4 Å². The Morgan fingerprint density at radius 1 is 0.762 bits per heavy atom. The van der Waals surface area contributed by atoms with Crippen LogP contribution in [0.2, 0.25) is 0 Å². The standard InChI is InChI=1S/C61H74N4O12S3/c1-8-54(66)58(80(69,70)71)19-26-78-79-61(3,4)39-63(20-21-74-24-25-75-23-22-72-6)47-29-41(37-76-55-33-43-17-18-46-31-44-13-9-11-15-51(44)64(46)59(67)49(43)27-40(55)2)28-42(30-47)38-77-57-35-53-50(34-56(57)73-7)60(68)65-48(36-62(53)5)32-45-14-10-12-16-52(45)65/h9-16,27-30,33-35,46,48,58H,8,17-26,31-32,36-39H2,1-7H3,(H,69,70,71)/t46-,48+,58?/m1/s1. The highest BCUT2D eigenvalue weighted by molar-refractivity contribution is 8.77. The van der Waals surface area contributed by atoms with Gasteiger partial charge in [-0.3, -0.25) is 18.9 Å². The summed E-state index contributed by atoms with van der Waals surface area (Å²) < 4.78 is 70.1. The molecular weight excluding hydrogens is 1080 g/mol. The maximum absolute atomic E-state index is 14.4. The van der Waals surface area contributed by atoms with Crippen molar-refractivity contribution in [3.05, 3.63) is 136 Å². The third-order valence-electron chi connectivity index (χ3n) is 15.3. The number of amides is 2. The first-order valence-corrected chi connectivity index (χ1v) is 31.3. The Kier molecular flexibility index (Phi) is 19.1. The summed E-state index contributed by atoms with van der Waals surface area (Å²) in [5, 5.41) is -1.46. The molecule has 428 valence electrons. The van der Waals surface area contributed by atoms with Crippen LogP contribution >= 0.6 is 21.6 Å². The number of nitrogens with zero attached hydrogens (tertiary/aromatic N) is 4. The second-order valence-corrected chi connectivity index (χ2v) is 26.3. The molecule has 0 fully saturated rings. The Morgan fingerprint density at radius 3 is 2.05 bits per heavy atom. The van der Waals surface area contributed by atoms with Crippen molar-refractivity contribution >= 4 is 72.1 Å². The number of rotatable bonds is 27. The molecule has 0 radical (unpaired) electrons. The van der Waals surface area contributed by atoms with Gasteiger partial charge in [-0.25, -0.2) is 0 Å². The van der Waals surface area contributed by atoms with E-state index in [1.54, 1.807) is 38.0 Å². The second-order valence-electron chi connectivity index (χ2n) is 21.5. The Bertz CT molecular complexity index is 3170. The van der Waals surface area contributed by atoms with Gasteiger partial charge in [0.05, 0.1) is 57.4 Å². The molecule has 2 amide bonds. The van der Waals surface area contributed by atoms with E-state index in [2.05, 4.69) is 54.0 Å². The molecule has 0 spiro atoms. The predicted molar refractivity (Wildman–Crippen MR) is 317 cm³/mol. The molecule has 0 aliphatic carbocycles. The smallest absolute Gasteiger partial charge is 0.275 e. The first-order chi connectivity index (χ1) is 38.5. The number of para-hydroxylation sites is 2. The Hall–Kier alpha value is -5.80. The summed E-state index contributed by atoms with van der Waals surface area (Å²) in [6, 6.07) is 30.3. The van der Waals surface area contributed by atoms with E-state index in [0.717, 1.165) is 76.3 Å². The van der Waals surface area contributed by atoms with Crippen LogP contribution in [0.3, 0.4) is 0 Å². The molecule has 80 heavy (non-hydrogen) atoms.